The lowest BCUT2D eigenvalue weighted by Crippen LogP contribution is -2.19. The van der Waals surface area contributed by atoms with E-state index in [0.29, 0.717) is 13.2 Å². The van der Waals surface area contributed by atoms with E-state index in [2.05, 4.69) is 27.9 Å². The second-order valence-corrected chi connectivity index (χ2v) is 5.74. The number of nitrogens with zero attached hydrogens (tertiary/aromatic N) is 2. The lowest BCUT2D eigenvalue weighted by Gasteiger charge is -2.21. The van der Waals surface area contributed by atoms with Crippen molar-refractivity contribution in [2.45, 2.75) is 25.8 Å². The van der Waals surface area contributed by atoms with Crippen LogP contribution in [0.15, 0.2) is 18.2 Å². The Kier molecular flexibility index (Phi) is 4.36. The standard InChI is InChI=1S/C15H19N3O2S/c1-3-4-11-15(21-18-17-11)14(16-2)10-5-6-12-13(9-10)20-8-7-19-12/h5-6,9,14,16H,3-4,7-8H2,1-2H3. The van der Waals surface area contributed by atoms with E-state index in [0.717, 1.165) is 35.6 Å². The van der Waals surface area contributed by atoms with Gasteiger partial charge in [0.05, 0.1) is 16.6 Å². The summed E-state index contributed by atoms with van der Waals surface area (Å²) in [6.45, 7) is 3.37. The summed E-state index contributed by atoms with van der Waals surface area (Å²) in [7, 11) is 1.96. The molecule has 21 heavy (non-hydrogen) atoms. The predicted octanol–water partition coefficient (Wildman–Crippen LogP) is 2.57. The first-order valence-corrected chi connectivity index (χ1v) is 7.98. The molecule has 1 aliphatic rings. The van der Waals surface area contributed by atoms with Crippen LogP contribution >= 0.6 is 11.5 Å². The Morgan fingerprint density at radius 2 is 2.10 bits per heavy atom. The van der Waals surface area contributed by atoms with Gasteiger partial charge >= 0.3 is 0 Å². The molecule has 1 aliphatic heterocycles. The number of fused-ring (bicyclic) bond motifs is 1. The van der Waals surface area contributed by atoms with Crippen molar-refractivity contribution in [1.82, 2.24) is 14.9 Å². The van der Waals surface area contributed by atoms with Gasteiger partial charge in [0.15, 0.2) is 11.5 Å². The van der Waals surface area contributed by atoms with Crippen molar-refractivity contribution in [2.24, 2.45) is 0 Å². The lowest BCUT2D eigenvalue weighted by atomic mass is 10.0. The van der Waals surface area contributed by atoms with Crippen LogP contribution in [-0.4, -0.2) is 29.8 Å². The van der Waals surface area contributed by atoms with Gasteiger partial charge in [0.25, 0.3) is 0 Å². The summed E-state index contributed by atoms with van der Waals surface area (Å²) in [6.07, 6.45) is 2.02. The lowest BCUT2D eigenvalue weighted by molar-refractivity contribution is 0.171. The second-order valence-electron chi connectivity index (χ2n) is 4.96. The largest absolute Gasteiger partial charge is 0.486 e. The number of aryl methyl sites for hydroxylation is 1. The molecule has 0 radical (unpaired) electrons. The fourth-order valence-electron chi connectivity index (χ4n) is 2.53. The molecule has 1 aromatic heterocycles. The van der Waals surface area contributed by atoms with Crippen LogP contribution in [0.2, 0.25) is 0 Å². The molecule has 0 bridgehead atoms. The minimum atomic E-state index is 0.0855. The molecule has 1 aromatic carbocycles. The Hall–Kier alpha value is -1.66. The van der Waals surface area contributed by atoms with Gasteiger partial charge in [0.1, 0.15) is 13.2 Å². The molecule has 0 saturated heterocycles. The zero-order chi connectivity index (χ0) is 14.7. The molecular formula is C15H19N3O2S. The Balaban J connectivity index is 1.94. The summed E-state index contributed by atoms with van der Waals surface area (Å²) < 4.78 is 15.4. The highest BCUT2D eigenvalue weighted by molar-refractivity contribution is 7.05. The maximum absolute atomic E-state index is 5.67. The van der Waals surface area contributed by atoms with E-state index in [1.807, 2.05) is 19.2 Å². The van der Waals surface area contributed by atoms with E-state index in [-0.39, 0.29) is 6.04 Å². The average molecular weight is 305 g/mol. The van der Waals surface area contributed by atoms with E-state index in [1.54, 1.807) is 0 Å². The Morgan fingerprint density at radius 3 is 2.86 bits per heavy atom. The number of ether oxygens (including phenoxy) is 2. The third kappa shape index (κ3) is 2.87. The molecule has 112 valence electrons. The number of benzene rings is 1. The zero-order valence-electron chi connectivity index (χ0n) is 12.3. The molecule has 0 saturated carbocycles. The molecule has 6 heteroatoms. The topological polar surface area (TPSA) is 56.3 Å². The van der Waals surface area contributed by atoms with Crippen LogP contribution < -0.4 is 14.8 Å². The third-order valence-corrected chi connectivity index (χ3v) is 4.35. The van der Waals surface area contributed by atoms with Gasteiger partial charge in [-0.1, -0.05) is 23.9 Å². The van der Waals surface area contributed by atoms with Gasteiger partial charge < -0.3 is 14.8 Å². The van der Waals surface area contributed by atoms with Crippen LogP contribution in [0.1, 0.15) is 35.5 Å². The second kappa shape index (κ2) is 6.41. The molecule has 5 nitrogen and oxygen atoms in total. The fraction of sp³-hybridized carbons (Fsp3) is 0.467. The molecule has 3 rings (SSSR count). The summed E-state index contributed by atoms with van der Waals surface area (Å²) in [6, 6.07) is 6.18. The first kappa shape index (κ1) is 14.3. The molecule has 0 fully saturated rings. The van der Waals surface area contributed by atoms with Crippen LogP contribution in [0.5, 0.6) is 11.5 Å². The third-order valence-electron chi connectivity index (χ3n) is 3.52. The highest BCUT2D eigenvalue weighted by atomic mass is 32.1. The smallest absolute Gasteiger partial charge is 0.161 e. The number of rotatable bonds is 5. The molecule has 0 aliphatic carbocycles. The number of hydrogen-bond acceptors (Lipinski definition) is 6. The van der Waals surface area contributed by atoms with Crippen molar-refractivity contribution < 1.29 is 9.47 Å². The summed E-state index contributed by atoms with van der Waals surface area (Å²) in [5.74, 6) is 1.63. The molecule has 0 spiro atoms. The minimum absolute atomic E-state index is 0.0855. The maximum atomic E-state index is 5.67. The van der Waals surface area contributed by atoms with Gasteiger partial charge in [-0.2, -0.15) is 0 Å². The zero-order valence-corrected chi connectivity index (χ0v) is 13.1. The molecule has 1 atom stereocenters. The normalized spacial score (nSPS) is 15.0. The van der Waals surface area contributed by atoms with Crippen molar-refractivity contribution in [3.05, 3.63) is 34.3 Å². The summed E-state index contributed by atoms with van der Waals surface area (Å²) >= 11 is 1.46. The highest BCUT2D eigenvalue weighted by Gasteiger charge is 2.21. The van der Waals surface area contributed by atoms with Crippen molar-refractivity contribution in [1.29, 1.82) is 0 Å². The van der Waals surface area contributed by atoms with Crippen molar-refractivity contribution in [2.75, 3.05) is 20.3 Å². The average Bonchev–Trinajstić information content (AvgIpc) is 2.97. The molecular weight excluding hydrogens is 286 g/mol. The highest BCUT2D eigenvalue weighted by Crippen LogP contribution is 2.35. The van der Waals surface area contributed by atoms with Gasteiger partial charge in [-0.3, -0.25) is 0 Å². The first-order chi connectivity index (χ1) is 10.3. The fourth-order valence-corrected chi connectivity index (χ4v) is 3.37. The quantitative estimate of drug-likeness (QED) is 0.920. The van der Waals surface area contributed by atoms with Crippen LogP contribution in [0.4, 0.5) is 0 Å². The number of hydrogen-bond donors (Lipinski definition) is 1. The van der Waals surface area contributed by atoms with Gasteiger partial charge in [0.2, 0.25) is 0 Å². The van der Waals surface area contributed by atoms with Gasteiger partial charge in [-0.05, 0) is 42.7 Å². The summed E-state index contributed by atoms with van der Waals surface area (Å²) in [5.41, 5.74) is 2.22. The molecule has 0 amide bonds. The molecule has 1 unspecified atom stereocenters. The Bertz CT molecular complexity index is 615. The predicted molar refractivity (Wildman–Crippen MR) is 82.2 cm³/mol. The number of nitrogens with one attached hydrogen (secondary N) is 1. The molecule has 2 heterocycles. The van der Waals surface area contributed by atoms with Crippen LogP contribution in [0.3, 0.4) is 0 Å². The summed E-state index contributed by atoms with van der Waals surface area (Å²) in [4.78, 5) is 1.18. The maximum Gasteiger partial charge on any atom is 0.161 e. The Labute approximate surface area is 128 Å². The first-order valence-electron chi connectivity index (χ1n) is 7.21. The van der Waals surface area contributed by atoms with Crippen LogP contribution in [0, 0.1) is 0 Å². The SMILES string of the molecule is CCCc1nnsc1C(NC)c1ccc2c(c1)OCCO2. The number of aromatic nitrogens is 2. The Morgan fingerprint density at radius 1 is 1.29 bits per heavy atom. The van der Waals surface area contributed by atoms with Crippen LogP contribution in [0.25, 0.3) is 0 Å². The van der Waals surface area contributed by atoms with Crippen molar-refractivity contribution in [3.8, 4) is 11.5 Å². The van der Waals surface area contributed by atoms with E-state index < -0.39 is 0 Å². The molecule has 2 aromatic rings. The van der Waals surface area contributed by atoms with Crippen molar-refractivity contribution >= 4 is 11.5 Å². The molecule has 1 N–H and O–H groups in total. The summed E-state index contributed by atoms with van der Waals surface area (Å²) in [5, 5.41) is 7.62. The minimum Gasteiger partial charge on any atom is -0.486 e. The van der Waals surface area contributed by atoms with Gasteiger partial charge in [-0.15, -0.1) is 5.10 Å². The van der Waals surface area contributed by atoms with Crippen LogP contribution in [-0.2, 0) is 6.42 Å². The van der Waals surface area contributed by atoms with Gasteiger partial charge in [0, 0.05) is 0 Å². The van der Waals surface area contributed by atoms with Crippen molar-refractivity contribution in [3.63, 3.8) is 0 Å². The van der Waals surface area contributed by atoms with Gasteiger partial charge in [-0.25, -0.2) is 0 Å². The monoisotopic (exact) mass is 305 g/mol. The van der Waals surface area contributed by atoms with E-state index in [9.17, 15) is 0 Å². The van der Waals surface area contributed by atoms with E-state index in [4.69, 9.17) is 9.47 Å². The van der Waals surface area contributed by atoms with E-state index in [1.165, 1.54) is 16.4 Å². The van der Waals surface area contributed by atoms with E-state index >= 15 is 0 Å².